The van der Waals surface area contributed by atoms with E-state index in [1.807, 2.05) is 33.0 Å². The van der Waals surface area contributed by atoms with Gasteiger partial charge in [0.05, 0.1) is 19.2 Å². The van der Waals surface area contributed by atoms with Crippen LogP contribution in [0, 0.1) is 0 Å². The minimum atomic E-state index is 0.0144. The van der Waals surface area contributed by atoms with Crippen molar-refractivity contribution in [1.29, 1.82) is 0 Å². The maximum absolute atomic E-state index is 12.5. The number of hydrogen-bond donors (Lipinski definition) is 1. The number of urea groups is 1. The summed E-state index contributed by atoms with van der Waals surface area (Å²) in [5.74, 6) is 0.875. The van der Waals surface area contributed by atoms with Crippen LogP contribution in [0.4, 0.5) is 4.79 Å². The lowest BCUT2D eigenvalue weighted by molar-refractivity contribution is 0.183. The zero-order valence-corrected chi connectivity index (χ0v) is 15.2. The third-order valence-corrected chi connectivity index (χ3v) is 5.29. The fourth-order valence-electron chi connectivity index (χ4n) is 3.53. The Hall–Kier alpha value is -1.75. The highest BCUT2D eigenvalue weighted by Gasteiger charge is 2.43. The van der Waals surface area contributed by atoms with Crippen LogP contribution in [0.3, 0.4) is 0 Å². The molecule has 1 N–H and O–H groups in total. The summed E-state index contributed by atoms with van der Waals surface area (Å²) in [4.78, 5) is 16.8. The van der Waals surface area contributed by atoms with Crippen LogP contribution >= 0.6 is 0 Å². The molecule has 0 unspecified atom stereocenters. The standard InChI is InChI=1S/C19H29N3O2/c1-13(2)21(3)19(23)20-17-10-11-22(15-8-9-15)18(17)14-6-5-7-16(12-14)24-4/h5-7,12-13,15,17-18H,8-11H2,1-4H3,(H,20,23)/t17-,18+/m0/s1. The number of likely N-dealkylation sites (tertiary alicyclic amines) is 1. The molecule has 1 aromatic rings. The largest absolute Gasteiger partial charge is 0.497 e. The quantitative estimate of drug-likeness (QED) is 0.902. The van der Waals surface area contributed by atoms with Crippen molar-refractivity contribution in [3.05, 3.63) is 29.8 Å². The number of hydrogen-bond acceptors (Lipinski definition) is 3. The van der Waals surface area contributed by atoms with Crippen molar-refractivity contribution >= 4 is 6.03 Å². The van der Waals surface area contributed by atoms with Crippen molar-refractivity contribution in [3.63, 3.8) is 0 Å². The molecule has 5 heteroatoms. The Morgan fingerprint density at radius 2 is 2.08 bits per heavy atom. The van der Waals surface area contributed by atoms with Gasteiger partial charge in [0.25, 0.3) is 0 Å². The summed E-state index contributed by atoms with van der Waals surface area (Å²) < 4.78 is 5.40. The smallest absolute Gasteiger partial charge is 0.317 e. The Bertz CT molecular complexity index is 586. The lowest BCUT2D eigenvalue weighted by Crippen LogP contribution is -2.47. The summed E-state index contributed by atoms with van der Waals surface area (Å²) in [6, 6.07) is 9.53. The second-order valence-electron chi connectivity index (χ2n) is 7.24. The maximum atomic E-state index is 12.5. The molecule has 5 nitrogen and oxygen atoms in total. The molecule has 1 heterocycles. The van der Waals surface area contributed by atoms with Crippen LogP contribution in [0.1, 0.15) is 44.7 Å². The van der Waals surface area contributed by atoms with E-state index >= 15 is 0 Å². The first-order valence-corrected chi connectivity index (χ1v) is 8.94. The SMILES string of the molecule is COc1cccc([C@@H]2[C@@H](NC(=O)N(C)C(C)C)CCN2C2CC2)c1. The highest BCUT2D eigenvalue weighted by atomic mass is 16.5. The van der Waals surface area contributed by atoms with E-state index in [2.05, 4.69) is 22.3 Å². The first kappa shape index (κ1) is 17.1. The molecule has 1 saturated carbocycles. The highest BCUT2D eigenvalue weighted by Crippen LogP contribution is 2.41. The van der Waals surface area contributed by atoms with E-state index < -0.39 is 0 Å². The topological polar surface area (TPSA) is 44.8 Å². The van der Waals surface area contributed by atoms with E-state index in [4.69, 9.17) is 4.74 Å². The molecule has 132 valence electrons. The van der Waals surface area contributed by atoms with Gasteiger partial charge in [-0.15, -0.1) is 0 Å². The number of benzene rings is 1. The van der Waals surface area contributed by atoms with Crippen molar-refractivity contribution < 1.29 is 9.53 Å². The van der Waals surface area contributed by atoms with Crippen LogP contribution < -0.4 is 10.1 Å². The Kier molecular flexibility index (Phi) is 4.99. The van der Waals surface area contributed by atoms with Crippen molar-refractivity contribution in [3.8, 4) is 5.75 Å². The minimum absolute atomic E-state index is 0.0144. The van der Waals surface area contributed by atoms with Gasteiger partial charge in [-0.1, -0.05) is 12.1 Å². The predicted molar refractivity (Wildman–Crippen MR) is 95.3 cm³/mol. The van der Waals surface area contributed by atoms with Gasteiger partial charge in [0, 0.05) is 25.7 Å². The third kappa shape index (κ3) is 3.51. The Morgan fingerprint density at radius 1 is 1.33 bits per heavy atom. The molecular weight excluding hydrogens is 302 g/mol. The zero-order valence-electron chi connectivity index (χ0n) is 15.2. The van der Waals surface area contributed by atoms with Crippen molar-refractivity contribution in [2.24, 2.45) is 0 Å². The summed E-state index contributed by atoms with van der Waals surface area (Å²) >= 11 is 0. The van der Waals surface area contributed by atoms with E-state index in [1.54, 1.807) is 12.0 Å². The molecule has 2 aliphatic rings. The van der Waals surface area contributed by atoms with E-state index in [0.29, 0.717) is 6.04 Å². The second-order valence-corrected chi connectivity index (χ2v) is 7.24. The van der Waals surface area contributed by atoms with Gasteiger partial charge in [-0.25, -0.2) is 4.79 Å². The molecule has 1 saturated heterocycles. The van der Waals surface area contributed by atoms with Gasteiger partial charge >= 0.3 is 6.03 Å². The lowest BCUT2D eigenvalue weighted by Gasteiger charge is -2.31. The Labute approximate surface area is 145 Å². The predicted octanol–water partition coefficient (Wildman–Crippen LogP) is 3.02. The van der Waals surface area contributed by atoms with Crippen molar-refractivity contribution in [2.75, 3.05) is 20.7 Å². The number of rotatable bonds is 5. The van der Waals surface area contributed by atoms with Crippen molar-refractivity contribution in [1.82, 2.24) is 15.1 Å². The van der Waals surface area contributed by atoms with Crippen LogP contribution in [-0.2, 0) is 0 Å². The van der Waals surface area contributed by atoms with Gasteiger partial charge in [-0.3, -0.25) is 4.90 Å². The number of carbonyl (C=O) groups is 1. The summed E-state index contributed by atoms with van der Waals surface area (Å²) in [6.45, 7) is 5.11. The fourth-order valence-corrected chi connectivity index (χ4v) is 3.53. The fraction of sp³-hybridized carbons (Fsp3) is 0.632. The molecule has 2 atom stereocenters. The minimum Gasteiger partial charge on any atom is -0.497 e. The molecule has 0 radical (unpaired) electrons. The average molecular weight is 331 g/mol. The average Bonchev–Trinajstić information content (AvgIpc) is 3.35. The Morgan fingerprint density at radius 3 is 2.71 bits per heavy atom. The van der Waals surface area contributed by atoms with Gasteiger partial charge in [-0.2, -0.15) is 0 Å². The van der Waals surface area contributed by atoms with Gasteiger partial charge in [0.1, 0.15) is 5.75 Å². The van der Waals surface area contributed by atoms with Crippen LogP contribution in [0.15, 0.2) is 24.3 Å². The number of carbonyl (C=O) groups excluding carboxylic acids is 1. The van der Waals surface area contributed by atoms with Gasteiger partial charge < -0.3 is 15.0 Å². The second kappa shape index (κ2) is 7.01. The number of nitrogens with zero attached hydrogens (tertiary/aromatic N) is 2. The first-order valence-electron chi connectivity index (χ1n) is 8.94. The molecule has 0 bridgehead atoms. The number of nitrogens with one attached hydrogen (secondary N) is 1. The molecule has 0 aromatic heterocycles. The molecule has 1 aliphatic heterocycles. The molecule has 2 fully saturated rings. The van der Waals surface area contributed by atoms with Crippen LogP contribution in [0.2, 0.25) is 0 Å². The first-order chi connectivity index (χ1) is 11.5. The summed E-state index contributed by atoms with van der Waals surface area (Å²) in [7, 11) is 3.55. The maximum Gasteiger partial charge on any atom is 0.317 e. The summed E-state index contributed by atoms with van der Waals surface area (Å²) in [6.07, 6.45) is 3.54. The van der Waals surface area contributed by atoms with E-state index in [9.17, 15) is 4.79 Å². The lowest BCUT2D eigenvalue weighted by atomic mass is 9.99. The molecule has 24 heavy (non-hydrogen) atoms. The summed E-state index contributed by atoms with van der Waals surface area (Å²) in [5, 5.41) is 3.26. The zero-order chi connectivity index (χ0) is 17.3. The number of methoxy groups -OCH3 is 1. The summed E-state index contributed by atoms with van der Waals surface area (Å²) in [5.41, 5.74) is 1.23. The molecule has 1 aromatic carbocycles. The van der Waals surface area contributed by atoms with Gasteiger partial charge in [0.15, 0.2) is 0 Å². The molecule has 0 spiro atoms. The van der Waals surface area contributed by atoms with Crippen LogP contribution in [0.25, 0.3) is 0 Å². The van der Waals surface area contributed by atoms with E-state index in [1.165, 1.54) is 18.4 Å². The normalized spacial score (nSPS) is 24.2. The number of ether oxygens (including phenoxy) is 1. The molecule has 2 amide bonds. The Balaban J connectivity index is 1.81. The third-order valence-electron chi connectivity index (χ3n) is 5.29. The molecule has 1 aliphatic carbocycles. The highest BCUT2D eigenvalue weighted by molar-refractivity contribution is 5.74. The van der Waals surface area contributed by atoms with Crippen LogP contribution in [0.5, 0.6) is 5.75 Å². The van der Waals surface area contributed by atoms with Gasteiger partial charge in [-0.05, 0) is 50.8 Å². The van der Waals surface area contributed by atoms with Crippen LogP contribution in [-0.4, -0.2) is 54.7 Å². The molecule has 3 rings (SSSR count). The van der Waals surface area contributed by atoms with Crippen molar-refractivity contribution in [2.45, 2.75) is 57.3 Å². The van der Waals surface area contributed by atoms with Gasteiger partial charge in [0.2, 0.25) is 0 Å². The van der Waals surface area contributed by atoms with E-state index in [-0.39, 0.29) is 24.2 Å². The van der Waals surface area contributed by atoms with E-state index in [0.717, 1.165) is 18.7 Å². The number of amides is 2. The molecular formula is C19H29N3O2. The monoisotopic (exact) mass is 331 g/mol.